The monoisotopic (exact) mass is 396 g/mol. The fourth-order valence-electron chi connectivity index (χ4n) is 2.86. The molecule has 1 atom stereocenters. The van der Waals surface area contributed by atoms with Crippen molar-refractivity contribution in [3.05, 3.63) is 25.3 Å². The Kier molecular flexibility index (Phi) is 19.2. The molecule has 0 aromatic carbocycles. The first-order valence-electron chi connectivity index (χ1n) is 10.7. The summed E-state index contributed by atoms with van der Waals surface area (Å²) in [7, 11) is 0. The number of esters is 2. The van der Waals surface area contributed by atoms with Crippen molar-refractivity contribution in [2.45, 2.75) is 92.4 Å². The number of ether oxygens (including phenoxy) is 2. The van der Waals surface area contributed by atoms with Gasteiger partial charge in [0.1, 0.15) is 0 Å². The fourth-order valence-corrected chi connectivity index (χ4v) is 2.86. The molecular formula is C24H44O4. The summed E-state index contributed by atoms with van der Waals surface area (Å²) in [6.07, 6.45) is 13.2. The van der Waals surface area contributed by atoms with Crippen LogP contribution in [0.2, 0.25) is 0 Å². The molecule has 0 saturated carbocycles. The molecule has 4 nitrogen and oxygen atoms in total. The van der Waals surface area contributed by atoms with Crippen LogP contribution in [0.25, 0.3) is 0 Å². The number of carbonyl (C=O) groups is 2. The average molecular weight is 397 g/mol. The summed E-state index contributed by atoms with van der Waals surface area (Å²) in [6.45, 7) is 18.8. The molecule has 0 heterocycles. The van der Waals surface area contributed by atoms with E-state index in [0.29, 0.717) is 24.5 Å². The molecule has 0 aromatic heterocycles. The SMILES string of the molecule is C=CC(=O)OCCC(C)CC(C)(C)C.C=CC(=O)OCCCCCCCCC. The molecule has 4 heteroatoms. The predicted octanol–water partition coefficient (Wildman–Crippen LogP) is 6.64. The number of unbranched alkanes of at least 4 members (excludes halogenated alkanes) is 6. The quantitative estimate of drug-likeness (QED) is 0.187. The predicted molar refractivity (Wildman–Crippen MR) is 118 cm³/mol. The van der Waals surface area contributed by atoms with Crippen LogP contribution in [0.1, 0.15) is 92.4 Å². The van der Waals surface area contributed by atoms with E-state index in [2.05, 4.69) is 47.8 Å². The van der Waals surface area contributed by atoms with Crippen molar-refractivity contribution in [1.82, 2.24) is 0 Å². The van der Waals surface area contributed by atoms with E-state index < -0.39 is 0 Å². The van der Waals surface area contributed by atoms with Crippen molar-refractivity contribution in [1.29, 1.82) is 0 Å². The minimum atomic E-state index is -0.326. The second kappa shape index (κ2) is 18.8. The van der Waals surface area contributed by atoms with Crippen LogP contribution < -0.4 is 0 Å². The number of carbonyl (C=O) groups excluding carboxylic acids is 2. The normalized spacial score (nSPS) is 11.6. The maximum atomic E-state index is 10.7. The first-order chi connectivity index (χ1) is 13.2. The molecule has 0 radical (unpaired) electrons. The van der Waals surface area contributed by atoms with Crippen molar-refractivity contribution < 1.29 is 19.1 Å². The zero-order valence-electron chi connectivity index (χ0n) is 19.1. The molecule has 0 aliphatic rings. The smallest absolute Gasteiger partial charge is 0.330 e. The molecule has 0 bridgehead atoms. The molecule has 0 rings (SSSR count). The molecule has 0 spiro atoms. The van der Waals surface area contributed by atoms with Gasteiger partial charge < -0.3 is 9.47 Å². The Balaban J connectivity index is 0. The first kappa shape index (κ1) is 28.6. The van der Waals surface area contributed by atoms with Crippen LogP contribution in [0.3, 0.4) is 0 Å². The van der Waals surface area contributed by atoms with E-state index in [1.165, 1.54) is 44.3 Å². The minimum Gasteiger partial charge on any atom is -0.463 e. The van der Waals surface area contributed by atoms with Gasteiger partial charge in [0, 0.05) is 12.2 Å². The molecular weight excluding hydrogens is 352 g/mol. The number of rotatable bonds is 14. The van der Waals surface area contributed by atoms with Gasteiger partial charge in [-0.15, -0.1) is 0 Å². The van der Waals surface area contributed by atoms with Gasteiger partial charge in [-0.25, -0.2) is 9.59 Å². The van der Waals surface area contributed by atoms with Crippen molar-refractivity contribution in [3.63, 3.8) is 0 Å². The standard InChI is InChI=1S/2C12H22O2/c1-6-11(13)14-8-7-10(2)9-12(3,4)5;1-3-5-6-7-8-9-10-11-14-12(13)4-2/h6,10H,1,7-9H2,2-5H3;4H,2-3,5-11H2,1H3. The highest BCUT2D eigenvalue weighted by atomic mass is 16.5. The molecule has 164 valence electrons. The van der Waals surface area contributed by atoms with E-state index in [0.717, 1.165) is 25.7 Å². The van der Waals surface area contributed by atoms with Gasteiger partial charge in [0.15, 0.2) is 0 Å². The Labute approximate surface area is 173 Å². The van der Waals surface area contributed by atoms with E-state index in [-0.39, 0.29) is 11.9 Å². The lowest BCUT2D eigenvalue weighted by atomic mass is 9.84. The van der Waals surface area contributed by atoms with Gasteiger partial charge >= 0.3 is 11.9 Å². The van der Waals surface area contributed by atoms with Crippen LogP contribution in [0.15, 0.2) is 25.3 Å². The van der Waals surface area contributed by atoms with Crippen LogP contribution >= 0.6 is 0 Å². The summed E-state index contributed by atoms with van der Waals surface area (Å²) >= 11 is 0. The van der Waals surface area contributed by atoms with E-state index in [9.17, 15) is 9.59 Å². The first-order valence-corrected chi connectivity index (χ1v) is 10.7. The number of hydrogen-bond acceptors (Lipinski definition) is 4. The molecule has 1 unspecified atom stereocenters. The molecule has 0 aliphatic heterocycles. The maximum Gasteiger partial charge on any atom is 0.330 e. The average Bonchev–Trinajstić information content (AvgIpc) is 2.62. The molecule has 0 aromatic rings. The summed E-state index contributed by atoms with van der Waals surface area (Å²) in [4.78, 5) is 21.4. The van der Waals surface area contributed by atoms with Gasteiger partial charge in [-0.1, -0.05) is 86.3 Å². The lowest BCUT2D eigenvalue weighted by molar-refractivity contribution is -0.138. The van der Waals surface area contributed by atoms with Gasteiger partial charge in [-0.3, -0.25) is 0 Å². The van der Waals surface area contributed by atoms with E-state index in [1.807, 2.05) is 0 Å². The fraction of sp³-hybridized carbons (Fsp3) is 0.750. The van der Waals surface area contributed by atoms with Gasteiger partial charge in [0.2, 0.25) is 0 Å². The highest BCUT2D eigenvalue weighted by molar-refractivity contribution is 5.81. The molecule has 0 saturated heterocycles. The van der Waals surface area contributed by atoms with Crippen molar-refractivity contribution in [2.24, 2.45) is 11.3 Å². The molecule has 0 N–H and O–H groups in total. The molecule has 0 aliphatic carbocycles. The van der Waals surface area contributed by atoms with E-state index in [4.69, 9.17) is 9.47 Å². The van der Waals surface area contributed by atoms with E-state index in [1.54, 1.807) is 0 Å². The Morgan fingerprint density at radius 2 is 1.32 bits per heavy atom. The van der Waals surface area contributed by atoms with E-state index >= 15 is 0 Å². The minimum absolute atomic E-state index is 0.309. The van der Waals surface area contributed by atoms with Crippen LogP contribution in [0.4, 0.5) is 0 Å². The maximum absolute atomic E-state index is 10.7. The highest BCUT2D eigenvalue weighted by Crippen LogP contribution is 2.25. The zero-order valence-corrected chi connectivity index (χ0v) is 19.1. The Hall–Kier alpha value is -1.58. The lowest BCUT2D eigenvalue weighted by Gasteiger charge is -2.22. The lowest BCUT2D eigenvalue weighted by Crippen LogP contribution is -2.13. The van der Waals surface area contributed by atoms with Crippen LogP contribution in [-0.4, -0.2) is 25.2 Å². The largest absolute Gasteiger partial charge is 0.463 e. The third-order valence-corrected chi connectivity index (χ3v) is 4.14. The second-order valence-corrected chi connectivity index (χ2v) is 8.52. The van der Waals surface area contributed by atoms with Gasteiger partial charge in [0.05, 0.1) is 13.2 Å². The third kappa shape index (κ3) is 24.4. The summed E-state index contributed by atoms with van der Waals surface area (Å²) < 4.78 is 9.78. The van der Waals surface area contributed by atoms with Crippen LogP contribution in [-0.2, 0) is 19.1 Å². The molecule has 0 amide bonds. The van der Waals surface area contributed by atoms with Crippen molar-refractivity contribution in [2.75, 3.05) is 13.2 Å². The summed E-state index contributed by atoms with van der Waals surface area (Å²) in [5.74, 6) is -0.0449. The Morgan fingerprint density at radius 1 is 0.857 bits per heavy atom. The summed E-state index contributed by atoms with van der Waals surface area (Å²) in [6, 6.07) is 0. The Morgan fingerprint density at radius 3 is 1.79 bits per heavy atom. The molecule has 28 heavy (non-hydrogen) atoms. The van der Waals surface area contributed by atoms with Crippen LogP contribution in [0, 0.1) is 11.3 Å². The Bertz CT molecular complexity index is 421. The zero-order chi connectivity index (χ0) is 21.8. The van der Waals surface area contributed by atoms with Crippen molar-refractivity contribution in [3.8, 4) is 0 Å². The molecule has 0 fully saturated rings. The third-order valence-electron chi connectivity index (χ3n) is 4.14. The van der Waals surface area contributed by atoms with Gasteiger partial charge in [0.25, 0.3) is 0 Å². The van der Waals surface area contributed by atoms with Gasteiger partial charge in [-0.05, 0) is 30.6 Å². The summed E-state index contributed by atoms with van der Waals surface area (Å²) in [5.41, 5.74) is 0.349. The highest BCUT2D eigenvalue weighted by Gasteiger charge is 2.15. The number of hydrogen-bond donors (Lipinski definition) is 0. The summed E-state index contributed by atoms with van der Waals surface area (Å²) in [5, 5.41) is 0. The van der Waals surface area contributed by atoms with Gasteiger partial charge in [-0.2, -0.15) is 0 Å². The second-order valence-electron chi connectivity index (χ2n) is 8.52. The van der Waals surface area contributed by atoms with Crippen LogP contribution in [0.5, 0.6) is 0 Å². The topological polar surface area (TPSA) is 52.6 Å². The van der Waals surface area contributed by atoms with Crippen molar-refractivity contribution >= 4 is 11.9 Å².